The summed E-state index contributed by atoms with van der Waals surface area (Å²) in [6, 6.07) is 4.55. The number of hydrogen-bond acceptors (Lipinski definition) is 3. The number of methoxy groups -OCH3 is 1. The van der Waals surface area contributed by atoms with E-state index in [0.29, 0.717) is 36.2 Å². The number of phenolic OH excluding ortho intramolecular Hbond substituents is 1. The average molecular weight is 270 g/mol. The van der Waals surface area contributed by atoms with E-state index in [-0.39, 0.29) is 11.7 Å². The van der Waals surface area contributed by atoms with Crippen molar-refractivity contribution >= 4 is 17.5 Å². The van der Waals surface area contributed by atoms with Crippen LogP contribution in [0.5, 0.6) is 5.75 Å². The average Bonchev–Trinajstić information content (AvgIpc) is 2.77. The summed E-state index contributed by atoms with van der Waals surface area (Å²) in [6.45, 7) is 2.04. The lowest BCUT2D eigenvalue weighted by Crippen LogP contribution is -2.29. The largest absolute Gasteiger partial charge is 0.507 e. The van der Waals surface area contributed by atoms with Gasteiger partial charge in [-0.25, -0.2) is 0 Å². The number of hydrogen-bond donors (Lipinski definition) is 1. The van der Waals surface area contributed by atoms with Gasteiger partial charge in [0.15, 0.2) is 0 Å². The first-order chi connectivity index (χ1) is 8.61. The molecule has 1 unspecified atom stereocenters. The molecule has 2 rings (SSSR count). The van der Waals surface area contributed by atoms with Gasteiger partial charge >= 0.3 is 0 Å². The quantitative estimate of drug-likeness (QED) is 0.915. The maximum atomic E-state index is 12.2. The number of rotatable bonds is 3. The minimum Gasteiger partial charge on any atom is -0.507 e. The van der Waals surface area contributed by atoms with E-state index in [4.69, 9.17) is 16.3 Å². The van der Waals surface area contributed by atoms with E-state index >= 15 is 0 Å². The molecule has 0 saturated carbocycles. The Morgan fingerprint density at radius 1 is 1.61 bits per heavy atom. The second-order valence-corrected chi connectivity index (χ2v) is 4.96. The summed E-state index contributed by atoms with van der Waals surface area (Å²) in [4.78, 5) is 14.0. The zero-order chi connectivity index (χ0) is 13.1. The van der Waals surface area contributed by atoms with Crippen molar-refractivity contribution in [3.8, 4) is 5.75 Å². The van der Waals surface area contributed by atoms with E-state index in [2.05, 4.69) is 0 Å². The molecule has 0 radical (unpaired) electrons. The SMILES string of the molecule is COCC1CCN(C(=O)c2ccc(Cl)cc2O)C1. The molecule has 0 aromatic heterocycles. The summed E-state index contributed by atoms with van der Waals surface area (Å²) in [5, 5.41) is 10.2. The van der Waals surface area contributed by atoms with E-state index in [0.717, 1.165) is 6.42 Å². The van der Waals surface area contributed by atoms with Gasteiger partial charge in [0.25, 0.3) is 5.91 Å². The zero-order valence-electron chi connectivity index (χ0n) is 10.2. The van der Waals surface area contributed by atoms with E-state index in [1.54, 1.807) is 24.1 Å². The van der Waals surface area contributed by atoms with Gasteiger partial charge in [-0.3, -0.25) is 4.79 Å². The van der Waals surface area contributed by atoms with Crippen LogP contribution in [0.25, 0.3) is 0 Å². The number of phenols is 1. The number of nitrogens with zero attached hydrogens (tertiary/aromatic N) is 1. The van der Waals surface area contributed by atoms with Gasteiger partial charge in [0.2, 0.25) is 0 Å². The molecule has 98 valence electrons. The van der Waals surface area contributed by atoms with Crippen molar-refractivity contribution in [3.05, 3.63) is 28.8 Å². The van der Waals surface area contributed by atoms with Gasteiger partial charge in [-0.1, -0.05) is 11.6 Å². The molecular weight excluding hydrogens is 254 g/mol. The first kappa shape index (κ1) is 13.2. The van der Waals surface area contributed by atoms with E-state index in [9.17, 15) is 9.90 Å². The predicted molar refractivity (Wildman–Crippen MR) is 69.0 cm³/mol. The molecule has 1 fully saturated rings. The zero-order valence-corrected chi connectivity index (χ0v) is 11.0. The van der Waals surface area contributed by atoms with Crippen LogP contribution in [0.3, 0.4) is 0 Å². The highest BCUT2D eigenvalue weighted by Crippen LogP contribution is 2.25. The number of aromatic hydroxyl groups is 1. The fourth-order valence-electron chi connectivity index (χ4n) is 2.24. The summed E-state index contributed by atoms with van der Waals surface area (Å²) < 4.78 is 5.09. The Bertz CT molecular complexity index is 450. The van der Waals surface area contributed by atoms with Crippen LogP contribution in [0.1, 0.15) is 16.8 Å². The van der Waals surface area contributed by atoms with Crippen molar-refractivity contribution in [1.82, 2.24) is 4.90 Å². The van der Waals surface area contributed by atoms with Crippen LogP contribution in [-0.2, 0) is 4.74 Å². The Labute approximate surface area is 111 Å². The number of carbonyl (C=O) groups is 1. The van der Waals surface area contributed by atoms with Crippen molar-refractivity contribution in [1.29, 1.82) is 0 Å². The Balaban J connectivity index is 2.08. The summed E-state index contributed by atoms with van der Waals surface area (Å²) in [5.41, 5.74) is 0.303. The Morgan fingerprint density at radius 3 is 3.06 bits per heavy atom. The lowest BCUT2D eigenvalue weighted by atomic mass is 10.1. The molecule has 1 aromatic carbocycles. The lowest BCUT2D eigenvalue weighted by Gasteiger charge is -2.17. The van der Waals surface area contributed by atoms with Gasteiger partial charge in [0, 0.05) is 31.1 Å². The Kier molecular flexibility index (Phi) is 4.09. The molecule has 1 amide bonds. The number of carbonyl (C=O) groups excluding carboxylic acids is 1. The highest BCUT2D eigenvalue weighted by molar-refractivity contribution is 6.30. The first-order valence-electron chi connectivity index (χ1n) is 5.88. The molecule has 1 aliphatic heterocycles. The molecule has 18 heavy (non-hydrogen) atoms. The van der Waals surface area contributed by atoms with Crippen molar-refractivity contribution in [2.45, 2.75) is 6.42 Å². The van der Waals surface area contributed by atoms with Crippen molar-refractivity contribution in [2.24, 2.45) is 5.92 Å². The highest BCUT2D eigenvalue weighted by atomic mass is 35.5. The minimum absolute atomic E-state index is 0.0670. The maximum absolute atomic E-state index is 12.2. The molecule has 0 spiro atoms. The summed E-state index contributed by atoms with van der Waals surface area (Å²) in [7, 11) is 1.66. The van der Waals surface area contributed by atoms with Gasteiger partial charge in [-0.15, -0.1) is 0 Å². The molecule has 1 aromatic rings. The van der Waals surface area contributed by atoms with Crippen LogP contribution < -0.4 is 0 Å². The number of benzene rings is 1. The monoisotopic (exact) mass is 269 g/mol. The van der Waals surface area contributed by atoms with Crippen LogP contribution in [0.2, 0.25) is 5.02 Å². The summed E-state index contributed by atoms with van der Waals surface area (Å²) in [5.74, 6) is 0.166. The van der Waals surface area contributed by atoms with Crippen molar-refractivity contribution in [2.75, 3.05) is 26.8 Å². The van der Waals surface area contributed by atoms with E-state index in [1.807, 2.05) is 0 Å². The summed E-state index contributed by atoms with van der Waals surface area (Å²) in [6.07, 6.45) is 0.938. The fraction of sp³-hybridized carbons (Fsp3) is 0.462. The number of halogens is 1. The maximum Gasteiger partial charge on any atom is 0.257 e. The normalized spacial score (nSPS) is 19.2. The number of likely N-dealkylation sites (tertiary alicyclic amines) is 1. The first-order valence-corrected chi connectivity index (χ1v) is 6.26. The number of ether oxygens (including phenoxy) is 1. The molecule has 1 atom stereocenters. The Hall–Kier alpha value is -1.26. The second-order valence-electron chi connectivity index (χ2n) is 4.52. The van der Waals surface area contributed by atoms with Crippen LogP contribution >= 0.6 is 11.6 Å². The molecule has 1 heterocycles. The third-order valence-corrected chi connectivity index (χ3v) is 3.40. The molecule has 0 bridgehead atoms. The molecule has 1 saturated heterocycles. The standard InChI is InChI=1S/C13H16ClNO3/c1-18-8-9-4-5-15(7-9)13(17)11-3-2-10(14)6-12(11)16/h2-3,6,9,16H,4-5,7-8H2,1H3. The van der Waals surface area contributed by atoms with Gasteiger partial charge in [-0.2, -0.15) is 0 Å². The fourth-order valence-corrected chi connectivity index (χ4v) is 2.41. The molecule has 4 nitrogen and oxygen atoms in total. The predicted octanol–water partition coefficient (Wildman–Crippen LogP) is 2.15. The third kappa shape index (κ3) is 2.76. The highest BCUT2D eigenvalue weighted by Gasteiger charge is 2.28. The van der Waals surface area contributed by atoms with E-state index in [1.165, 1.54) is 6.07 Å². The molecular formula is C13H16ClNO3. The molecule has 1 aliphatic rings. The Morgan fingerprint density at radius 2 is 2.39 bits per heavy atom. The molecule has 1 N–H and O–H groups in total. The van der Waals surface area contributed by atoms with Gasteiger partial charge in [0.1, 0.15) is 5.75 Å². The van der Waals surface area contributed by atoms with Crippen LogP contribution in [0.15, 0.2) is 18.2 Å². The third-order valence-electron chi connectivity index (χ3n) is 3.17. The van der Waals surface area contributed by atoms with Crippen LogP contribution in [0.4, 0.5) is 0 Å². The number of amides is 1. The van der Waals surface area contributed by atoms with Gasteiger partial charge in [-0.05, 0) is 24.6 Å². The van der Waals surface area contributed by atoms with E-state index < -0.39 is 0 Å². The second kappa shape index (κ2) is 5.59. The van der Waals surface area contributed by atoms with Crippen LogP contribution in [0, 0.1) is 5.92 Å². The summed E-state index contributed by atoms with van der Waals surface area (Å²) >= 11 is 5.74. The smallest absolute Gasteiger partial charge is 0.257 e. The van der Waals surface area contributed by atoms with Gasteiger partial charge in [0.05, 0.1) is 12.2 Å². The molecule has 0 aliphatic carbocycles. The minimum atomic E-state index is -0.150. The van der Waals surface area contributed by atoms with Gasteiger partial charge < -0.3 is 14.7 Å². The topological polar surface area (TPSA) is 49.8 Å². The van der Waals surface area contributed by atoms with Crippen molar-refractivity contribution in [3.63, 3.8) is 0 Å². The van der Waals surface area contributed by atoms with Crippen molar-refractivity contribution < 1.29 is 14.6 Å². The van der Waals surface area contributed by atoms with Crippen LogP contribution in [-0.4, -0.2) is 42.7 Å². The lowest BCUT2D eigenvalue weighted by molar-refractivity contribution is 0.0772. The molecule has 5 heteroatoms.